The van der Waals surface area contributed by atoms with Gasteiger partial charge in [0, 0.05) is 39.2 Å². The van der Waals surface area contributed by atoms with Crippen molar-refractivity contribution in [2.24, 2.45) is 5.73 Å². The van der Waals surface area contributed by atoms with Gasteiger partial charge in [-0.05, 0) is 6.42 Å². The minimum atomic E-state index is -0.782. The molecule has 1 aliphatic heterocycles. The molecule has 22 heavy (non-hydrogen) atoms. The molecule has 1 aromatic rings. The lowest BCUT2D eigenvalue weighted by atomic mass is 10.2. The van der Waals surface area contributed by atoms with Crippen LogP contribution in [0.2, 0.25) is 0 Å². The Labute approximate surface area is 126 Å². The molecule has 9 nitrogen and oxygen atoms in total. The van der Waals surface area contributed by atoms with Crippen LogP contribution in [-0.4, -0.2) is 53.3 Å². The predicted molar refractivity (Wildman–Crippen MR) is 78.5 cm³/mol. The van der Waals surface area contributed by atoms with Gasteiger partial charge in [-0.2, -0.15) is 0 Å². The zero-order valence-corrected chi connectivity index (χ0v) is 12.2. The maximum Gasteiger partial charge on any atom is 0.288 e. The van der Waals surface area contributed by atoms with E-state index in [0.717, 1.165) is 25.2 Å². The summed E-state index contributed by atoms with van der Waals surface area (Å²) in [6.45, 7) is 1.69. The van der Waals surface area contributed by atoms with E-state index in [4.69, 9.17) is 5.73 Å². The average Bonchev–Trinajstić information content (AvgIpc) is 2.89. The molecule has 1 aromatic heterocycles. The summed E-state index contributed by atoms with van der Waals surface area (Å²) < 4.78 is 0. The molecule has 0 spiro atoms. The van der Waals surface area contributed by atoms with Crippen molar-refractivity contribution >= 4 is 23.3 Å². The molecule has 0 unspecified atom stereocenters. The number of nitrogens with two attached hydrogens (primary N) is 1. The highest BCUT2D eigenvalue weighted by Gasteiger charge is 2.22. The summed E-state index contributed by atoms with van der Waals surface area (Å²) >= 11 is 0. The van der Waals surface area contributed by atoms with Gasteiger partial charge in [0.25, 0.3) is 11.6 Å². The highest BCUT2D eigenvalue weighted by Crippen LogP contribution is 2.21. The van der Waals surface area contributed by atoms with Crippen LogP contribution >= 0.6 is 0 Å². The van der Waals surface area contributed by atoms with Crippen molar-refractivity contribution in [2.45, 2.75) is 12.8 Å². The number of carbonyl (C=O) groups is 2. The second kappa shape index (κ2) is 6.37. The van der Waals surface area contributed by atoms with Crippen LogP contribution in [-0.2, 0) is 4.79 Å². The highest BCUT2D eigenvalue weighted by molar-refractivity contribution is 5.98. The number of amides is 2. The van der Waals surface area contributed by atoms with Gasteiger partial charge in [0.15, 0.2) is 0 Å². The molecule has 0 radical (unpaired) electrons. The van der Waals surface area contributed by atoms with Crippen LogP contribution in [0.25, 0.3) is 0 Å². The van der Waals surface area contributed by atoms with Crippen LogP contribution in [0.4, 0.5) is 11.5 Å². The number of aromatic nitrogens is 1. The van der Waals surface area contributed by atoms with Crippen LogP contribution < -0.4 is 10.6 Å². The molecule has 2 N–H and O–H groups in total. The molecule has 1 fully saturated rings. The lowest BCUT2D eigenvalue weighted by Gasteiger charge is -2.23. The number of pyridine rings is 1. The number of nitro groups is 1. The van der Waals surface area contributed by atoms with E-state index < -0.39 is 10.8 Å². The lowest BCUT2D eigenvalue weighted by Crippen LogP contribution is -2.35. The fraction of sp³-hybridized carbons (Fsp3) is 0.462. The molecule has 118 valence electrons. The zero-order valence-electron chi connectivity index (χ0n) is 12.2. The number of hydrogen-bond donors (Lipinski definition) is 1. The normalized spacial score (nSPS) is 14.2. The fourth-order valence-corrected chi connectivity index (χ4v) is 2.35. The summed E-state index contributed by atoms with van der Waals surface area (Å²) in [4.78, 5) is 40.5. The number of primary amides is 1. The van der Waals surface area contributed by atoms with Crippen molar-refractivity contribution in [2.75, 3.05) is 31.6 Å². The van der Waals surface area contributed by atoms with Gasteiger partial charge >= 0.3 is 0 Å². The van der Waals surface area contributed by atoms with E-state index in [1.54, 1.807) is 16.8 Å². The molecular formula is C13H17N5O4. The van der Waals surface area contributed by atoms with E-state index >= 15 is 0 Å². The van der Waals surface area contributed by atoms with E-state index in [1.165, 1.54) is 0 Å². The Hall–Kier alpha value is -2.71. The number of likely N-dealkylation sites (N-methyl/N-ethyl adjacent to an activating group) is 1. The third-order valence-corrected chi connectivity index (χ3v) is 3.57. The third-order valence-electron chi connectivity index (χ3n) is 3.57. The topological polar surface area (TPSA) is 123 Å². The van der Waals surface area contributed by atoms with Gasteiger partial charge in [-0.1, -0.05) is 0 Å². The summed E-state index contributed by atoms with van der Waals surface area (Å²) in [6.07, 6.45) is 2.50. The van der Waals surface area contributed by atoms with Gasteiger partial charge in [0.05, 0.1) is 10.5 Å². The molecule has 0 aromatic carbocycles. The van der Waals surface area contributed by atoms with Gasteiger partial charge in [0.2, 0.25) is 5.91 Å². The Kier molecular flexibility index (Phi) is 4.54. The second-order valence-electron chi connectivity index (χ2n) is 5.09. The molecule has 2 amide bonds. The first kappa shape index (κ1) is 15.7. The maximum absolute atomic E-state index is 11.6. The van der Waals surface area contributed by atoms with Crippen LogP contribution in [0.1, 0.15) is 23.2 Å². The molecule has 1 aliphatic rings. The van der Waals surface area contributed by atoms with Crippen LogP contribution in [0.3, 0.4) is 0 Å². The Morgan fingerprint density at radius 2 is 2.32 bits per heavy atom. The first-order chi connectivity index (χ1) is 10.4. The van der Waals surface area contributed by atoms with Crippen molar-refractivity contribution in [3.05, 3.63) is 27.9 Å². The largest absolute Gasteiger partial charge is 0.365 e. The smallest absolute Gasteiger partial charge is 0.288 e. The highest BCUT2D eigenvalue weighted by atomic mass is 16.6. The van der Waals surface area contributed by atoms with E-state index in [2.05, 4.69) is 4.98 Å². The number of likely N-dealkylation sites (tertiary alicyclic amines) is 1. The predicted octanol–water partition coefficient (Wildman–Crippen LogP) is 0.147. The quantitative estimate of drug-likeness (QED) is 0.589. The van der Waals surface area contributed by atoms with Gasteiger partial charge in [-0.25, -0.2) is 4.98 Å². The Balaban J connectivity index is 2.14. The molecular weight excluding hydrogens is 290 g/mol. The fourth-order valence-electron chi connectivity index (χ4n) is 2.35. The number of rotatable bonds is 6. The molecule has 0 saturated carbocycles. The van der Waals surface area contributed by atoms with Crippen LogP contribution in [0, 0.1) is 10.1 Å². The molecule has 2 rings (SSSR count). The molecule has 0 bridgehead atoms. The van der Waals surface area contributed by atoms with Crippen molar-refractivity contribution < 1.29 is 14.5 Å². The summed E-state index contributed by atoms with van der Waals surface area (Å²) in [5.74, 6) is -0.403. The number of anilines is 1. The lowest BCUT2D eigenvalue weighted by molar-refractivity contribution is -0.385. The van der Waals surface area contributed by atoms with Crippen molar-refractivity contribution in [3.8, 4) is 0 Å². The summed E-state index contributed by atoms with van der Waals surface area (Å²) in [6, 6.07) is 1.11. The zero-order chi connectivity index (χ0) is 16.3. The van der Waals surface area contributed by atoms with E-state index in [-0.39, 0.29) is 23.0 Å². The first-order valence-corrected chi connectivity index (χ1v) is 6.83. The van der Waals surface area contributed by atoms with E-state index in [9.17, 15) is 19.7 Å². The Bertz CT molecular complexity index is 618. The minimum Gasteiger partial charge on any atom is -0.365 e. The van der Waals surface area contributed by atoms with E-state index in [0.29, 0.717) is 19.5 Å². The summed E-state index contributed by atoms with van der Waals surface area (Å²) in [7, 11) is 1.70. The number of carbonyl (C=O) groups excluding carboxylic acids is 2. The molecule has 9 heteroatoms. The van der Waals surface area contributed by atoms with Crippen molar-refractivity contribution in [1.82, 2.24) is 9.88 Å². The first-order valence-electron chi connectivity index (χ1n) is 6.83. The molecule has 2 heterocycles. The van der Waals surface area contributed by atoms with Crippen LogP contribution in [0.5, 0.6) is 0 Å². The van der Waals surface area contributed by atoms with Crippen molar-refractivity contribution in [1.29, 1.82) is 0 Å². The molecule has 1 saturated heterocycles. The number of nitrogens with zero attached hydrogens (tertiary/aromatic N) is 4. The maximum atomic E-state index is 11.6. The molecule has 0 aliphatic carbocycles. The monoisotopic (exact) mass is 307 g/mol. The SMILES string of the molecule is CN(CCN1CCCC1=O)c1ncc([N+](=O)[O-])cc1C(N)=O. The third kappa shape index (κ3) is 3.30. The average molecular weight is 307 g/mol. The second-order valence-corrected chi connectivity index (χ2v) is 5.09. The van der Waals surface area contributed by atoms with Gasteiger partial charge < -0.3 is 15.5 Å². The van der Waals surface area contributed by atoms with Crippen LogP contribution in [0.15, 0.2) is 12.3 Å². The Morgan fingerprint density at radius 1 is 1.59 bits per heavy atom. The van der Waals surface area contributed by atoms with Gasteiger partial charge in [0.1, 0.15) is 12.0 Å². The Morgan fingerprint density at radius 3 is 2.86 bits per heavy atom. The van der Waals surface area contributed by atoms with Gasteiger partial charge in [-0.15, -0.1) is 0 Å². The standard InChI is InChI=1S/C13H17N5O4/c1-16(5-6-17-4-2-3-11(17)19)13-10(12(14)20)7-9(8-15-13)18(21)22/h7-8H,2-6H2,1H3,(H2,14,20). The summed E-state index contributed by atoms with van der Waals surface area (Å²) in [5.41, 5.74) is 4.97. The minimum absolute atomic E-state index is 0.00977. The summed E-state index contributed by atoms with van der Waals surface area (Å²) in [5, 5.41) is 10.7. The number of hydrogen-bond acceptors (Lipinski definition) is 6. The van der Waals surface area contributed by atoms with E-state index in [1.807, 2.05) is 0 Å². The van der Waals surface area contributed by atoms with Gasteiger partial charge in [-0.3, -0.25) is 19.7 Å². The van der Waals surface area contributed by atoms with Crippen molar-refractivity contribution in [3.63, 3.8) is 0 Å². The molecule has 0 atom stereocenters.